The van der Waals surface area contributed by atoms with Crippen molar-refractivity contribution in [3.05, 3.63) is 82.4 Å². The van der Waals surface area contributed by atoms with E-state index >= 15 is 0 Å². The highest BCUT2D eigenvalue weighted by molar-refractivity contribution is 5.92. The number of carbonyl (C=O) groups excluding carboxylic acids is 1. The number of ether oxygens (including phenoxy) is 2. The third-order valence-corrected chi connectivity index (χ3v) is 5.17. The van der Waals surface area contributed by atoms with Crippen molar-refractivity contribution in [2.24, 2.45) is 0 Å². The lowest BCUT2D eigenvalue weighted by molar-refractivity contribution is -0.384. The molecular weight excluding hydrogens is 410 g/mol. The Balaban J connectivity index is 1.53. The van der Waals surface area contributed by atoms with Gasteiger partial charge in [-0.25, -0.2) is 0 Å². The van der Waals surface area contributed by atoms with Gasteiger partial charge in [-0.3, -0.25) is 19.8 Å². The van der Waals surface area contributed by atoms with Gasteiger partial charge in [-0.05, 0) is 29.3 Å². The molecule has 0 aliphatic carbocycles. The Morgan fingerprint density at radius 2 is 1.94 bits per heavy atom. The molecule has 0 N–H and O–H groups in total. The summed E-state index contributed by atoms with van der Waals surface area (Å²) in [5, 5.41) is 10.9. The molecule has 168 valence electrons. The fourth-order valence-electron chi connectivity index (χ4n) is 3.48. The maximum atomic E-state index is 12.6. The Kier molecular flexibility index (Phi) is 7.99. The summed E-state index contributed by atoms with van der Waals surface area (Å²) < 4.78 is 10.9. The Morgan fingerprint density at radius 1 is 1.16 bits per heavy atom. The summed E-state index contributed by atoms with van der Waals surface area (Å²) in [5.74, 6) is 1.16. The molecule has 1 fully saturated rings. The highest BCUT2D eigenvalue weighted by Crippen LogP contribution is 2.28. The standard InChI is InChI=1S/C24H27N3O5/c1-3-15-32-22-9-7-19(17-23(22)31-2)8-10-24(28)26-13-11-25(12-14-26)18-20-5-4-6-21(16-20)27(29)30/h3-10,16-17H,1,11-15,18H2,2H3/b10-8+. The van der Waals surface area contributed by atoms with Gasteiger partial charge in [-0.2, -0.15) is 0 Å². The van der Waals surface area contributed by atoms with Crippen LogP contribution in [0.15, 0.2) is 61.2 Å². The second kappa shape index (κ2) is 11.1. The summed E-state index contributed by atoms with van der Waals surface area (Å²) in [6.45, 7) is 7.28. The Hall–Kier alpha value is -3.65. The van der Waals surface area contributed by atoms with Crippen molar-refractivity contribution < 1.29 is 19.2 Å². The fourth-order valence-corrected chi connectivity index (χ4v) is 3.48. The number of rotatable bonds is 9. The lowest BCUT2D eigenvalue weighted by atomic mass is 10.1. The summed E-state index contributed by atoms with van der Waals surface area (Å²) in [7, 11) is 1.57. The molecule has 8 heteroatoms. The minimum Gasteiger partial charge on any atom is -0.493 e. The lowest BCUT2D eigenvalue weighted by Gasteiger charge is -2.34. The fraction of sp³-hybridized carbons (Fsp3) is 0.292. The van der Waals surface area contributed by atoms with E-state index < -0.39 is 0 Å². The van der Waals surface area contributed by atoms with Crippen molar-refractivity contribution in [2.75, 3.05) is 39.9 Å². The van der Waals surface area contributed by atoms with Crippen molar-refractivity contribution in [1.29, 1.82) is 0 Å². The van der Waals surface area contributed by atoms with E-state index in [0.717, 1.165) is 11.1 Å². The minimum atomic E-state index is -0.385. The number of amides is 1. The predicted molar refractivity (Wildman–Crippen MR) is 123 cm³/mol. The lowest BCUT2D eigenvalue weighted by Crippen LogP contribution is -2.47. The molecule has 1 aliphatic rings. The van der Waals surface area contributed by atoms with Crippen LogP contribution in [0.1, 0.15) is 11.1 Å². The van der Waals surface area contributed by atoms with E-state index in [1.165, 1.54) is 6.07 Å². The van der Waals surface area contributed by atoms with E-state index in [4.69, 9.17) is 9.47 Å². The molecule has 0 aromatic heterocycles. The molecule has 8 nitrogen and oxygen atoms in total. The summed E-state index contributed by atoms with van der Waals surface area (Å²) >= 11 is 0. The zero-order valence-corrected chi connectivity index (χ0v) is 18.1. The number of methoxy groups -OCH3 is 1. The van der Waals surface area contributed by atoms with Crippen molar-refractivity contribution in [1.82, 2.24) is 9.80 Å². The van der Waals surface area contributed by atoms with E-state index in [2.05, 4.69) is 11.5 Å². The van der Waals surface area contributed by atoms with E-state index in [1.54, 1.807) is 48.4 Å². The number of hydrogen-bond acceptors (Lipinski definition) is 6. The number of carbonyl (C=O) groups is 1. The van der Waals surface area contributed by atoms with Gasteiger partial charge in [0.15, 0.2) is 11.5 Å². The van der Waals surface area contributed by atoms with Crippen LogP contribution in [-0.2, 0) is 11.3 Å². The highest BCUT2D eigenvalue weighted by Gasteiger charge is 2.20. The van der Waals surface area contributed by atoms with Gasteiger partial charge >= 0.3 is 0 Å². The molecule has 0 spiro atoms. The third kappa shape index (κ3) is 6.18. The van der Waals surface area contributed by atoms with Gasteiger partial charge in [0.05, 0.1) is 12.0 Å². The minimum absolute atomic E-state index is 0.0500. The van der Waals surface area contributed by atoms with Crippen molar-refractivity contribution in [2.45, 2.75) is 6.54 Å². The normalized spacial score (nSPS) is 14.3. The molecule has 0 bridgehead atoms. The van der Waals surface area contributed by atoms with Crippen LogP contribution >= 0.6 is 0 Å². The van der Waals surface area contributed by atoms with Crippen LogP contribution in [-0.4, -0.2) is 60.5 Å². The van der Waals surface area contributed by atoms with Gasteiger partial charge in [0, 0.05) is 50.9 Å². The largest absolute Gasteiger partial charge is 0.493 e. The van der Waals surface area contributed by atoms with Crippen LogP contribution in [0.5, 0.6) is 11.5 Å². The third-order valence-electron chi connectivity index (χ3n) is 5.17. The molecule has 3 rings (SSSR count). The zero-order chi connectivity index (χ0) is 22.9. The highest BCUT2D eigenvalue weighted by atomic mass is 16.6. The molecule has 1 aliphatic heterocycles. The summed E-state index contributed by atoms with van der Waals surface area (Å²) in [6.07, 6.45) is 4.99. The van der Waals surface area contributed by atoms with Gasteiger partial charge < -0.3 is 14.4 Å². The van der Waals surface area contributed by atoms with Crippen molar-refractivity contribution in [3.63, 3.8) is 0 Å². The first-order valence-corrected chi connectivity index (χ1v) is 10.3. The van der Waals surface area contributed by atoms with Crippen LogP contribution in [0.2, 0.25) is 0 Å². The average molecular weight is 437 g/mol. The van der Waals surface area contributed by atoms with Crippen molar-refractivity contribution >= 4 is 17.7 Å². The van der Waals surface area contributed by atoms with Gasteiger partial charge in [0.2, 0.25) is 5.91 Å². The second-order valence-electron chi connectivity index (χ2n) is 7.37. The van der Waals surface area contributed by atoms with Crippen molar-refractivity contribution in [3.8, 4) is 11.5 Å². The first-order chi connectivity index (χ1) is 15.5. The van der Waals surface area contributed by atoms with Crippen LogP contribution < -0.4 is 9.47 Å². The topological polar surface area (TPSA) is 85.2 Å². The number of nitrogens with zero attached hydrogens (tertiary/aromatic N) is 3. The zero-order valence-electron chi connectivity index (χ0n) is 18.1. The predicted octanol–water partition coefficient (Wildman–Crippen LogP) is 3.53. The number of nitro groups is 1. The number of benzene rings is 2. The molecule has 32 heavy (non-hydrogen) atoms. The van der Waals surface area contributed by atoms with Crippen LogP contribution in [0.3, 0.4) is 0 Å². The molecule has 1 saturated heterocycles. The first kappa shape index (κ1) is 23.0. The maximum absolute atomic E-state index is 12.6. The summed E-state index contributed by atoms with van der Waals surface area (Å²) in [6, 6.07) is 12.2. The summed E-state index contributed by atoms with van der Waals surface area (Å²) in [5.41, 5.74) is 1.83. The van der Waals surface area contributed by atoms with E-state index in [-0.39, 0.29) is 16.5 Å². The quantitative estimate of drug-likeness (QED) is 0.258. The molecule has 2 aromatic rings. The number of non-ortho nitro benzene ring substituents is 1. The van der Waals surface area contributed by atoms with Crippen LogP contribution in [0.25, 0.3) is 6.08 Å². The molecular formula is C24H27N3O5. The summed E-state index contributed by atoms with van der Waals surface area (Å²) in [4.78, 5) is 27.2. The van der Waals surface area contributed by atoms with Crippen LogP contribution in [0, 0.1) is 10.1 Å². The van der Waals surface area contributed by atoms with Crippen LogP contribution in [0.4, 0.5) is 5.69 Å². The van der Waals surface area contributed by atoms with Gasteiger partial charge in [-0.1, -0.05) is 30.9 Å². The molecule has 0 unspecified atom stereocenters. The van der Waals surface area contributed by atoms with Gasteiger partial charge in [-0.15, -0.1) is 0 Å². The Labute approximate surface area is 187 Å². The number of nitro benzene ring substituents is 1. The van der Waals surface area contributed by atoms with E-state index in [9.17, 15) is 14.9 Å². The molecule has 0 saturated carbocycles. The molecule has 0 radical (unpaired) electrons. The number of hydrogen-bond donors (Lipinski definition) is 0. The Bertz CT molecular complexity index is 997. The maximum Gasteiger partial charge on any atom is 0.269 e. The van der Waals surface area contributed by atoms with Gasteiger partial charge in [0.1, 0.15) is 6.61 Å². The molecule has 1 heterocycles. The SMILES string of the molecule is C=CCOc1ccc(/C=C/C(=O)N2CCN(Cc3cccc([N+](=O)[O-])c3)CC2)cc1OC. The molecule has 2 aromatic carbocycles. The molecule has 0 atom stereocenters. The Morgan fingerprint density at radius 3 is 2.62 bits per heavy atom. The van der Waals surface area contributed by atoms with Gasteiger partial charge in [0.25, 0.3) is 5.69 Å². The molecule has 1 amide bonds. The first-order valence-electron chi connectivity index (χ1n) is 10.3. The smallest absolute Gasteiger partial charge is 0.269 e. The van der Waals surface area contributed by atoms with E-state index in [1.807, 2.05) is 18.2 Å². The van der Waals surface area contributed by atoms with E-state index in [0.29, 0.717) is 50.8 Å². The number of piperazine rings is 1. The average Bonchev–Trinajstić information content (AvgIpc) is 2.82. The monoisotopic (exact) mass is 437 g/mol. The second-order valence-corrected chi connectivity index (χ2v) is 7.37.